The van der Waals surface area contributed by atoms with Gasteiger partial charge in [0.2, 0.25) is 11.9 Å². The summed E-state index contributed by atoms with van der Waals surface area (Å²) >= 11 is 0. The number of carbonyl (C=O) groups is 1. The molecule has 1 aliphatic rings. The van der Waals surface area contributed by atoms with Gasteiger partial charge >= 0.3 is 0 Å². The third-order valence-electron chi connectivity index (χ3n) is 4.61. The summed E-state index contributed by atoms with van der Waals surface area (Å²) in [5.41, 5.74) is 2.00. The first-order valence-corrected chi connectivity index (χ1v) is 8.48. The van der Waals surface area contributed by atoms with E-state index in [1.165, 1.54) is 0 Å². The number of aromatic nitrogens is 4. The van der Waals surface area contributed by atoms with Crippen LogP contribution in [0.3, 0.4) is 0 Å². The Morgan fingerprint density at radius 3 is 2.52 bits per heavy atom. The Morgan fingerprint density at radius 1 is 1.08 bits per heavy atom. The van der Waals surface area contributed by atoms with Crippen LogP contribution in [-0.2, 0) is 4.79 Å². The second-order valence-corrected chi connectivity index (χ2v) is 6.22. The van der Waals surface area contributed by atoms with E-state index in [1.807, 2.05) is 36.1 Å². The first-order chi connectivity index (χ1) is 12.2. The maximum atomic E-state index is 12.7. The number of amides is 1. The number of carbonyl (C=O) groups excluding carboxylic acids is 1. The molecular formula is C18H20N6O. The monoisotopic (exact) mass is 336 g/mol. The van der Waals surface area contributed by atoms with Gasteiger partial charge in [-0.2, -0.15) is 0 Å². The number of anilines is 1. The van der Waals surface area contributed by atoms with Crippen molar-refractivity contribution in [1.29, 1.82) is 0 Å². The third kappa shape index (κ3) is 3.05. The fourth-order valence-corrected chi connectivity index (χ4v) is 3.15. The van der Waals surface area contributed by atoms with Gasteiger partial charge in [0.05, 0.1) is 17.0 Å². The lowest BCUT2D eigenvalue weighted by Gasteiger charge is -2.35. The lowest BCUT2D eigenvalue weighted by Crippen LogP contribution is -2.50. The van der Waals surface area contributed by atoms with Gasteiger partial charge in [0, 0.05) is 38.6 Å². The Labute approximate surface area is 145 Å². The summed E-state index contributed by atoms with van der Waals surface area (Å²) in [6.07, 6.45) is 3.34. The van der Waals surface area contributed by atoms with Crippen LogP contribution in [0.25, 0.3) is 11.0 Å². The molecule has 128 valence electrons. The zero-order valence-corrected chi connectivity index (χ0v) is 14.1. The summed E-state index contributed by atoms with van der Waals surface area (Å²) in [4.78, 5) is 33.1. The second kappa shape index (κ2) is 6.51. The number of imidazole rings is 1. The van der Waals surface area contributed by atoms with Gasteiger partial charge < -0.3 is 14.8 Å². The minimum absolute atomic E-state index is 0.0791. The van der Waals surface area contributed by atoms with E-state index in [2.05, 4.69) is 24.8 Å². The molecule has 3 aromatic rings. The second-order valence-electron chi connectivity index (χ2n) is 6.22. The lowest BCUT2D eigenvalue weighted by atomic mass is 10.1. The van der Waals surface area contributed by atoms with Crippen LogP contribution in [0.2, 0.25) is 0 Å². The molecule has 1 fully saturated rings. The fourth-order valence-electron chi connectivity index (χ4n) is 3.15. The molecule has 0 saturated carbocycles. The number of fused-ring (bicyclic) bond motifs is 1. The highest BCUT2D eigenvalue weighted by Gasteiger charge is 2.27. The van der Waals surface area contributed by atoms with Crippen LogP contribution in [0.1, 0.15) is 18.7 Å². The molecule has 4 rings (SSSR count). The average molecular weight is 336 g/mol. The number of nitrogens with zero attached hydrogens (tertiary/aromatic N) is 5. The van der Waals surface area contributed by atoms with E-state index >= 15 is 0 Å². The quantitative estimate of drug-likeness (QED) is 0.789. The number of aromatic amines is 1. The molecule has 1 saturated heterocycles. The molecule has 0 radical (unpaired) electrons. The van der Waals surface area contributed by atoms with E-state index < -0.39 is 0 Å². The maximum Gasteiger partial charge on any atom is 0.233 e. The van der Waals surface area contributed by atoms with Gasteiger partial charge in [-0.25, -0.2) is 15.0 Å². The van der Waals surface area contributed by atoms with Crippen LogP contribution in [0.5, 0.6) is 0 Å². The fraction of sp³-hybridized carbons (Fsp3) is 0.333. The van der Waals surface area contributed by atoms with Gasteiger partial charge in [0.15, 0.2) is 0 Å². The first kappa shape index (κ1) is 15.6. The highest BCUT2D eigenvalue weighted by atomic mass is 16.2. The minimum Gasteiger partial charge on any atom is -0.339 e. The zero-order chi connectivity index (χ0) is 17.2. The van der Waals surface area contributed by atoms with Crippen molar-refractivity contribution < 1.29 is 4.79 Å². The number of hydrogen-bond acceptors (Lipinski definition) is 5. The van der Waals surface area contributed by atoms with Crippen LogP contribution in [-0.4, -0.2) is 56.9 Å². The molecule has 0 aliphatic carbocycles. The Hall–Kier alpha value is -2.96. The van der Waals surface area contributed by atoms with Crippen LogP contribution >= 0.6 is 0 Å². The molecule has 0 bridgehead atoms. The highest BCUT2D eigenvalue weighted by molar-refractivity contribution is 5.83. The molecule has 25 heavy (non-hydrogen) atoms. The molecule has 7 nitrogen and oxygen atoms in total. The van der Waals surface area contributed by atoms with Gasteiger partial charge in [0.25, 0.3) is 0 Å². The predicted molar refractivity (Wildman–Crippen MR) is 95.3 cm³/mol. The van der Waals surface area contributed by atoms with Gasteiger partial charge in [-0.3, -0.25) is 4.79 Å². The topological polar surface area (TPSA) is 78.0 Å². The van der Waals surface area contributed by atoms with Gasteiger partial charge in [-0.1, -0.05) is 12.1 Å². The number of benzene rings is 1. The van der Waals surface area contributed by atoms with Gasteiger partial charge in [-0.05, 0) is 25.1 Å². The van der Waals surface area contributed by atoms with Crippen molar-refractivity contribution >= 4 is 22.9 Å². The van der Waals surface area contributed by atoms with Crippen molar-refractivity contribution in [2.75, 3.05) is 31.1 Å². The van der Waals surface area contributed by atoms with E-state index in [9.17, 15) is 4.79 Å². The van der Waals surface area contributed by atoms with E-state index in [1.54, 1.807) is 18.5 Å². The van der Waals surface area contributed by atoms with E-state index in [0.717, 1.165) is 30.1 Å². The number of H-pyrrole nitrogens is 1. The molecular weight excluding hydrogens is 316 g/mol. The third-order valence-corrected chi connectivity index (χ3v) is 4.61. The molecule has 1 unspecified atom stereocenters. The summed E-state index contributed by atoms with van der Waals surface area (Å²) in [6, 6.07) is 9.75. The molecule has 0 spiro atoms. The summed E-state index contributed by atoms with van der Waals surface area (Å²) < 4.78 is 0. The Morgan fingerprint density at radius 2 is 1.80 bits per heavy atom. The van der Waals surface area contributed by atoms with Gasteiger partial charge in [-0.15, -0.1) is 0 Å². The van der Waals surface area contributed by atoms with Crippen LogP contribution in [0.15, 0.2) is 42.7 Å². The largest absolute Gasteiger partial charge is 0.339 e. The number of nitrogens with one attached hydrogen (secondary N) is 1. The average Bonchev–Trinajstić information content (AvgIpc) is 3.12. The van der Waals surface area contributed by atoms with E-state index in [4.69, 9.17) is 0 Å². The number of hydrogen-bond donors (Lipinski definition) is 1. The Balaban J connectivity index is 1.41. The van der Waals surface area contributed by atoms with Crippen LogP contribution in [0, 0.1) is 0 Å². The van der Waals surface area contributed by atoms with Crippen molar-refractivity contribution in [3.05, 3.63) is 48.5 Å². The highest BCUT2D eigenvalue weighted by Crippen LogP contribution is 2.20. The number of rotatable bonds is 3. The molecule has 1 amide bonds. The van der Waals surface area contributed by atoms with Crippen LogP contribution in [0.4, 0.5) is 5.95 Å². The predicted octanol–water partition coefficient (Wildman–Crippen LogP) is 1.81. The lowest BCUT2D eigenvalue weighted by molar-refractivity contribution is -0.132. The molecule has 2 aromatic heterocycles. The smallest absolute Gasteiger partial charge is 0.233 e. The Bertz CT molecular complexity index is 836. The molecule has 1 aliphatic heterocycles. The Kier molecular flexibility index (Phi) is 4.05. The number of piperazine rings is 1. The molecule has 3 heterocycles. The van der Waals surface area contributed by atoms with E-state index in [-0.39, 0.29) is 11.8 Å². The molecule has 1 atom stereocenters. The maximum absolute atomic E-state index is 12.7. The van der Waals surface area contributed by atoms with Crippen molar-refractivity contribution in [1.82, 2.24) is 24.8 Å². The van der Waals surface area contributed by atoms with Crippen LogP contribution < -0.4 is 4.90 Å². The summed E-state index contributed by atoms with van der Waals surface area (Å²) in [7, 11) is 0. The summed E-state index contributed by atoms with van der Waals surface area (Å²) in [5, 5.41) is 0. The van der Waals surface area contributed by atoms with Crippen molar-refractivity contribution in [3.63, 3.8) is 0 Å². The van der Waals surface area contributed by atoms with Gasteiger partial charge in [0.1, 0.15) is 5.82 Å². The standard InChI is InChI=1S/C18H20N6O/c1-13(16-19-7-4-8-20-16)17(25)23-9-11-24(12-10-23)18-21-14-5-2-3-6-15(14)22-18/h2-8,13H,9-12H2,1H3,(H,21,22). The molecule has 7 heteroatoms. The molecule has 1 aromatic carbocycles. The van der Waals surface area contributed by atoms with Crippen molar-refractivity contribution in [2.24, 2.45) is 0 Å². The SMILES string of the molecule is CC(C(=O)N1CCN(c2nc3ccccc3[nH]2)CC1)c1ncccn1. The first-order valence-electron chi connectivity index (χ1n) is 8.48. The van der Waals surface area contributed by atoms with E-state index in [0.29, 0.717) is 18.9 Å². The summed E-state index contributed by atoms with van der Waals surface area (Å²) in [6.45, 7) is 4.73. The van der Waals surface area contributed by atoms with Crippen molar-refractivity contribution in [2.45, 2.75) is 12.8 Å². The van der Waals surface area contributed by atoms with Crippen molar-refractivity contribution in [3.8, 4) is 0 Å². The molecule has 1 N–H and O–H groups in total. The minimum atomic E-state index is -0.320. The number of para-hydroxylation sites is 2. The normalized spacial score (nSPS) is 16.2. The zero-order valence-electron chi connectivity index (χ0n) is 14.1. The summed E-state index contributed by atoms with van der Waals surface area (Å²) in [5.74, 6) is 1.20.